The van der Waals surface area contributed by atoms with Gasteiger partial charge in [-0.3, -0.25) is 9.36 Å². The van der Waals surface area contributed by atoms with Gasteiger partial charge in [0.15, 0.2) is 5.65 Å². The van der Waals surface area contributed by atoms with E-state index in [1.807, 2.05) is 4.57 Å². The van der Waals surface area contributed by atoms with Gasteiger partial charge >= 0.3 is 0 Å². The van der Waals surface area contributed by atoms with Gasteiger partial charge in [-0.15, -0.1) is 0 Å². The highest BCUT2D eigenvalue weighted by molar-refractivity contribution is 6.36. The van der Waals surface area contributed by atoms with Crippen LogP contribution >= 0.6 is 23.2 Å². The third kappa shape index (κ3) is 5.14. The van der Waals surface area contributed by atoms with Crippen LogP contribution in [0.25, 0.3) is 11.2 Å². The van der Waals surface area contributed by atoms with E-state index in [1.54, 1.807) is 6.20 Å². The molecule has 2 aromatic heterocycles. The fraction of sp³-hybridized carbons (Fsp3) is 0.478. The molecule has 1 saturated carbocycles. The number of hydrogen-bond donors (Lipinski definition) is 3. The van der Waals surface area contributed by atoms with Crippen LogP contribution in [0.1, 0.15) is 44.6 Å². The molecule has 2 aliphatic rings. The van der Waals surface area contributed by atoms with Gasteiger partial charge in [-0.25, -0.2) is 14.4 Å². The number of nitrogens with zero attached hydrogens (tertiary/aromatic N) is 4. The van der Waals surface area contributed by atoms with E-state index in [0.29, 0.717) is 54.8 Å². The molecule has 12 heteroatoms. The number of nitrogens with two attached hydrogens (primary N) is 1. The predicted octanol–water partition coefficient (Wildman–Crippen LogP) is 4.82. The maximum atomic E-state index is 14.2. The highest BCUT2D eigenvalue weighted by Crippen LogP contribution is 2.38. The first-order chi connectivity index (χ1) is 16.9. The summed E-state index contributed by atoms with van der Waals surface area (Å²) in [5.41, 5.74) is 7.11. The molecule has 186 valence electrons. The summed E-state index contributed by atoms with van der Waals surface area (Å²) in [5.74, 6) is -0.0308. The Morgan fingerprint density at radius 2 is 1.83 bits per heavy atom. The number of halogens is 3. The molecule has 0 bridgehead atoms. The van der Waals surface area contributed by atoms with Crippen molar-refractivity contribution in [1.82, 2.24) is 19.5 Å². The van der Waals surface area contributed by atoms with Gasteiger partial charge in [0.1, 0.15) is 11.3 Å². The van der Waals surface area contributed by atoms with Crippen LogP contribution in [0.3, 0.4) is 0 Å². The summed E-state index contributed by atoms with van der Waals surface area (Å²) in [5, 5.41) is 6.75. The molecular weight excluding hydrogens is 496 g/mol. The summed E-state index contributed by atoms with van der Waals surface area (Å²) in [6.45, 7) is 1.40. The van der Waals surface area contributed by atoms with E-state index in [4.69, 9.17) is 43.6 Å². The molecule has 1 saturated heterocycles. The first-order valence-corrected chi connectivity index (χ1v) is 12.4. The number of carbonyl (C=O) groups is 1. The number of anilines is 3. The monoisotopic (exact) mass is 521 g/mol. The van der Waals surface area contributed by atoms with Crippen molar-refractivity contribution in [2.75, 3.05) is 23.8 Å². The number of amides is 1. The topological polar surface area (TPSA) is 120 Å². The van der Waals surface area contributed by atoms with Gasteiger partial charge in [-0.05, 0) is 44.6 Å². The molecule has 1 aliphatic carbocycles. The molecule has 1 aliphatic heterocycles. The van der Waals surface area contributed by atoms with Crippen LogP contribution in [0.5, 0.6) is 0 Å². The summed E-state index contributed by atoms with van der Waals surface area (Å²) < 4.78 is 21.6. The lowest BCUT2D eigenvalue weighted by atomic mass is 9.85. The molecule has 0 spiro atoms. The van der Waals surface area contributed by atoms with Crippen LogP contribution in [-0.2, 0) is 9.53 Å². The molecule has 3 aromatic rings. The molecule has 0 radical (unpaired) electrons. The number of aromatic nitrogens is 4. The fourth-order valence-corrected chi connectivity index (χ4v) is 5.21. The zero-order valence-electron chi connectivity index (χ0n) is 18.9. The molecule has 4 N–H and O–H groups in total. The molecule has 1 aromatic carbocycles. The Balaban J connectivity index is 1.51. The van der Waals surface area contributed by atoms with Crippen molar-refractivity contribution < 1.29 is 13.9 Å². The van der Waals surface area contributed by atoms with E-state index in [-0.39, 0.29) is 34.0 Å². The van der Waals surface area contributed by atoms with Crippen molar-refractivity contribution in [2.45, 2.75) is 50.6 Å². The van der Waals surface area contributed by atoms with Crippen molar-refractivity contribution in [3.63, 3.8) is 0 Å². The Hall–Kier alpha value is -2.69. The average Bonchev–Trinajstić information content (AvgIpc) is 3.20. The molecule has 0 unspecified atom stereocenters. The normalized spacial score (nSPS) is 21.2. The van der Waals surface area contributed by atoms with E-state index >= 15 is 0 Å². The molecular formula is C23H26Cl2FN7O2. The number of primary amides is 1. The van der Waals surface area contributed by atoms with E-state index in [0.717, 1.165) is 25.7 Å². The smallest absolute Gasteiger partial charge is 0.224 e. The lowest BCUT2D eigenvalue weighted by Crippen LogP contribution is -2.29. The Morgan fingerprint density at radius 3 is 2.54 bits per heavy atom. The van der Waals surface area contributed by atoms with Crippen LogP contribution in [-0.4, -0.2) is 44.7 Å². The van der Waals surface area contributed by atoms with E-state index in [9.17, 15) is 9.18 Å². The van der Waals surface area contributed by atoms with Crippen LogP contribution < -0.4 is 16.4 Å². The zero-order chi connectivity index (χ0) is 24.5. The minimum Gasteiger partial charge on any atom is -0.381 e. The minimum atomic E-state index is -0.592. The van der Waals surface area contributed by atoms with Gasteiger partial charge in [-0.1, -0.05) is 23.2 Å². The van der Waals surface area contributed by atoms with Gasteiger partial charge in [0, 0.05) is 37.3 Å². The molecule has 3 heterocycles. The summed E-state index contributed by atoms with van der Waals surface area (Å²) in [6, 6.07) is 2.83. The van der Waals surface area contributed by atoms with Crippen LogP contribution in [0.2, 0.25) is 10.0 Å². The standard InChI is InChI=1S/C23H26Cl2FN7O2/c24-15-9-16(25)18(10-17(15)26)30-23-31-19-11-28-22(29-13-5-7-35-8-6-13)32-21(19)33(23)14-3-1-12(2-4-14)20(27)34/h9-14H,1-8H2,(H2,27,34)(H,30,31)(H,28,29,32)/t12-,14+. The van der Waals surface area contributed by atoms with Gasteiger partial charge < -0.3 is 21.1 Å². The summed E-state index contributed by atoms with van der Waals surface area (Å²) in [7, 11) is 0. The zero-order valence-corrected chi connectivity index (χ0v) is 20.4. The second-order valence-electron chi connectivity index (χ2n) is 9.02. The van der Waals surface area contributed by atoms with Crippen molar-refractivity contribution >= 4 is 57.9 Å². The number of imidazole rings is 1. The van der Waals surface area contributed by atoms with Crippen LogP contribution in [0, 0.1) is 11.7 Å². The van der Waals surface area contributed by atoms with E-state index < -0.39 is 5.82 Å². The fourth-order valence-electron chi connectivity index (χ4n) is 4.78. The summed E-state index contributed by atoms with van der Waals surface area (Å²) in [4.78, 5) is 25.6. The quantitative estimate of drug-likeness (QED) is 0.397. The molecule has 1 amide bonds. The predicted molar refractivity (Wildman–Crippen MR) is 133 cm³/mol. The third-order valence-corrected chi connectivity index (χ3v) is 7.31. The minimum absolute atomic E-state index is 0.0138. The number of carbonyl (C=O) groups excluding carboxylic acids is 1. The average molecular weight is 522 g/mol. The molecule has 5 rings (SSSR count). The highest BCUT2D eigenvalue weighted by Gasteiger charge is 2.29. The lowest BCUT2D eigenvalue weighted by molar-refractivity contribution is -0.122. The highest BCUT2D eigenvalue weighted by atomic mass is 35.5. The third-order valence-electron chi connectivity index (χ3n) is 6.71. The number of hydrogen-bond acceptors (Lipinski definition) is 7. The lowest BCUT2D eigenvalue weighted by Gasteiger charge is -2.29. The SMILES string of the molecule is NC(=O)[C@H]1CC[C@@H](n2c(Nc3cc(F)c(Cl)cc3Cl)nc3cnc(NC4CCOCC4)nc32)CC1. The van der Waals surface area contributed by atoms with Crippen molar-refractivity contribution in [3.8, 4) is 0 Å². The summed E-state index contributed by atoms with van der Waals surface area (Å²) in [6.07, 6.45) is 6.23. The second kappa shape index (κ2) is 10.1. The Kier molecular flexibility index (Phi) is 6.95. The molecule has 2 fully saturated rings. The van der Waals surface area contributed by atoms with Gasteiger partial charge in [0.2, 0.25) is 17.8 Å². The number of fused-ring (bicyclic) bond motifs is 1. The molecule has 0 atom stereocenters. The maximum Gasteiger partial charge on any atom is 0.224 e. The van der Waals surface area contributed by atoms with Gasteiger partial charge in [-0.2, -0.15) is 4.98 Å². The van der Waals surface area contributed by atoms with Crippen molar-refractivity contribution in [1.29, 1.82) is 0 Å². The second-order valence-corrected chi connectivity index (χ2v) is 9.83. The van der Waals surface area contributed by atoms with E-state index in [1.165, 1.54) is 12.1 Å². The van der Waals surface area contributed by atoms with Crippen LogP contribution in [0.15, 0.2) is 18.3 Å². The van der Waals surface area contributed by atoms with Gasteiger partial charge in [0.25, 0.3) is 0 Å². The maximum absolute atomic E-state index is 14.2. The van der Waals surface area contributed by atoms with Crippen molar-refractivity contribution in [2.24, 2.45) is 11.7 Å². The number of nitrogens with one attached hydrogen (secondary N) is 2. The first-order valence-electron chi connectivity index (χ1n) is 11.7. The Bertz CT molecular complexity index is 1240. The largest absolute Gasteiger partial charge is 0.381 e. The Morgan fingerprint density at radius 1 is 1.09 bits per heavy atom. The van der Waals surface area contributed by atoms with E-state index in [2.05, 4.69) is 15.6 Å². The van der Waals surface area contributed by atoms with Crippen LogP contribution in [0.4, 0.5) is 22.0 Å². The Labute approximate surface area is 211 Å². The first kappa shape index (κ1) is 24.0. The summed E-state index contributed by atoms with van der Waals surface area (Å²) >= 11 is 12.2. The molecule has 35 heavy (non-hydrogen) atoms. The number of benzene rings is 1. The molecule has 9 nitrogen and oxygen atoms in total. The number of rotatable bonds is 6. The number of ether oxygens (including phenoxy) is 1. The van der Waals surface area contributed by atoms with Gasteiger partial charge in [0.05, 0.1) is 21.9 Å². The van der Waals surface area contributed by atoms with Crippen molar-refractivity contribution in [3.05, 3.63) is 34.2 Å².